The van der Waals surface area contributed by atoms with Gasteiger partial charge < -0.3 is 15.4 Å². The quantitative estimate of drug-likeness (QED) is 0.795. The Morgan fingerprint density at radius 2 is 2.25 bits per heavy atom. The smallest absolute Gasteiger partial charge is 0.307 e. The molecule has 0 aromatic heterocycles. The lowest BCUT2D eigenvalue weighted by atomic mass is 9.99. The molecule has 1 fully saturated rings. The zero-order valence-electron chi connectivity index (χ0n) is 11.2. The Morgan fingerprint density at radius 1 is 1.50 bits per heavy atom. The second-order valence-corrected chi connectivity index (χ2v) is 5.67. The van der Waals surface area contributed by atoms with Crippen LogP contribution in [0, 0.1) is 5.92 Å². The zero-order valence-corrected chi connectivity index (χ0v) is 12.8. The molecule has 2 rings (SSSR count). The second-order valence-electron chi connectivity index (χ2n) is 4.75. The summed E-state index contributed by atoms with van der Waals surface area (Å²) in [5.41, 5.74) is 0.880. The van der Waals surface area contributed by atoms with Gasteiger partial charge in [0.05, 0.1) is 25.5 Å². The molecule has 1 saturated heterocycles. The van der Waals surface area contributed by atoms with Gasteiger partial charge in [0, 0.05) is 17.6 Å². The molecule has 2 N–H and O–H groups in total. The number of hydrogen-bond donors (Lipinski definition) is 2. The molecule has 1 heterocycles. The van der Waals surface area contributed by atoms with E-state index in [-0.39, 0.29) is 30.3 Å². The maximum absolute atomic E-state index is 12.0. The number of amides is 1. The molecule has 1 aromatic rings. The lowest BCUT2D eigenvalue weighted by Gasteiger charge is -2.28. The molecule has 0 bridgehead atoms. The van der Waals surface area contributed by atoms with E-state index in [0.29, 0.717) is 13.1 Å². The number of nitrogens with one attached hydrogen (secondary N) is 2. The maximum atomic E-state index is 12.0. The first-order chi connectivity index (χ1) is 9.60. The predicted molar refractivity (Wildman–Crippen MR) is 78.0 cm³/mol. The van der Waals surface area contributed by atoms with Crippen LogP contribution in [0.3, 0.4) is 0 Å². The molecular weight excluding hydrogens is 324 g/mol. The van der Waals surface area contributed by atoms with Gasteiger partial charge in [0.2, 0.25) is 5.91 Å². The van der Waals surface area contributed by atoms with Gasteiger partial charge in [0.1, 0.15) is 0 Å². The van der Waals surface area contributed by atoms with Crippen LogP contribution in [-0.2, 0) is 14.3 Å². The summed E-state index contributed by atoms with van der Waals surface area (Å²) >= 11 is 3.39. The minimum atomic E-state index is -0.368. The summed E-state index contributed by atoms with van der Waals surface area (Å²) < 4.78 is 5.61. The molecule has 20 heavy (non-hydrogen) atoms. The highest BCUT2D eigenvalue weighted by Crippen LogP contribution is 2.22. The fourth-order valence-electron chi connectivity index (χ4n) is 1.99. The van der Waals surface area contributed by atoms with Crippen molar-refractivity contribution < 1.29 is 14.3 Å². The number of benzene rings is 1. The van der Waals surface area contributed by atoms with Gasteiger partial charge in [-0.05, 0) is 17.7 Å². The number of halogens is 1. The highest BCUT2D eigenvalue weighted by Gasteiger charge is 2.28. The summed E-state index contributed by atoms with van der Waals surface area (Å²) in [6.45, 7) is 1.38. The van der Waals surface area contributed by atoms with E-state index >= 15 is 0 Å². The van der Waals surface area contributed by atoms with Crippen LogP contribution < -0.4 is 10.6 Å². The first-order valence-corrected chi connectivity index (χ1v) is 7.23. The number of ether oxygens (including phenoxy) is 1. The van der Waals surface area contributed by atoms with Crippen molar-refractivity contribution in [3.63, 3.8) is 0 Å². The van der Waals surface area contributed by atoms with Crippen LogP contribution in [0.5, 0.6) is 0 Å². The Bertz CT molecular complexity index is 503. The van der Waals surface area contributed by atoms with E-state index < -0.39 is 0 Å². The SMILES string of the molecule is COC(=O)CC(NC(=O)C1CNC1)c1cccc(Br)c1. The number of carbonyl (C=O) groups is 2. The third-order valence-electron chi connectivity index (χ3n) is 3.32. The van der Waals surface area contributed by atoms with E-state index in [4.69, 9.17) is 4.74 Å². The van der Waals surface area contributed by atoms with Crippen molar-refractivity contribution in [3.8, 4) is 0 Å². The van der Waals surface area contributed by atoms with E-state index in [1.807, 2.05) is 24.3 Å². The Balaban J connectivity index is 2.11. The summed E-state index contributed by atoms with van der Waals surface area (Å²) in [5, 5.41) is 5.98. The van der Waals surface area contributed by atoms with Gasteiger partial charge in [0.15, 0.2) is 0 Å². The second kappa shape index (κ2) is 6.85. The molecule has 1 amide bonds. The summed E-state index contributed by atoms with van der Waals surface area (Å²) in [7, 11) is 1.35. The minimum Gasteiger partial charge on any atom is -0.469 e. The molecule has 108 valence electrons. The van der Waals surface area contributed by atoms with Crippen molar-refractivity contribution >= 4 is 27.8 Å². The molecule has 6 heteroatoms. The third kappa shape index (κ3) is 3.80. The minimum absolute atomic E-state index is 0.0118. The molecule has 0 aliphatic carbocycles. The van der Waals surface area contributed by atoms with Crippen molar-refractivity contribution in [1.29, 1.82) is 0 Å². The molecule has 5 nitrogen and oxygen atoms in total. The Labute approximate surface area is 126 Å². The third-order valence-corrected chi connectivity index (χ3v) is 3.81. The normalized spacial score (nSPS) is 16.1. The molecule has 0 radical (unpaired) electrons. The van der Waals surface area contributed by atoms with Crippen molar-refractivity contribution in [1.82, 2.24) is 10.6 Å². The summed E-state index contributed by atoms with van der Waals surface area (Å²) in [4.78, 5) is 23.6. The highest BCUT2D eigenvalue weighted by atomic mass is 79.9. The van der Waals surface area contributed by atoms with Crippen molar-refractivity contribution in [2.45, 2.75) is 12.5 Å². The fraction of sp³-hybridized carbons (Fsp3) is 0.429. The van der Waals surface area contributed by atoms with Gasteiger partial charge in [-0.15, -0.1) is 0 Å². The molecule has 1 aliphatic heterocycles. The van der Waals surface area contributed by atoms with Crippen LogP contribution in [0.4, 0.5) is 0 Å². The van der Waals surface area contributed by atoms with E-state index in [1.54, 1.807) is 0 Å². The highest BCUT2D eigenvalue weighted by molar-refractivity contribution is 9.10. The summed E-state index contributed by atoms with van der Waals surface area (Å²) in [5.74, 6) is -0.387. The first-order valence-electron chi connectivity index (χ1n) is 6.43. The maximum Gasteiger partial charge on any atom is 0.307 e. The number of carbonyl (C=O) groups excluding carboxylic acids is 2. The standard InChI is InChI=1S/C14H17BrN2O3/c1-20-13(18)6-12(9-3-2-4-11(15)5-9)17-14(19)10-7-16-8-10/h2-5,10,12,16H,6-8H2,1H3,(H,17,19). The van der Waals surface area contributed by atoms with Gasteiger partial charge in [0.25, 0.3) is 0 Å². The largest absolute Gasteiger partial charge is 0.469 e. The fourth-order valence-corrected chi connectivity index (χ4v) is 2.41. The van der Waals surface area contributed by atoms with Gasteiger partial charge in [-0.1, -0.05) is 28.1 Å². The molecule has 0 saturated carbocycles. The van der Waals surface area contributed by atoms with Gasteiger partial charge in [-0.25, -0.2) is 0 Å². The van der Waals surface area contributed by atoms with Crippen LogP contribution in [0.1, 0.15) is 18.0 Å². The van der Waals surface area contributed by atoms with Crippen LogP contribution in [0.15, 0.2) is 28.7 Å². The molecular formula is C14H17BrN2O3. The van der Waals surface area contributed by atoms with Crippen molar-refractivity contribution in [2.24, 2.45) is 5.92 Å². The van der Waals surface area contributed by atoms with Crippen LogP contribution in [0.2, 0.25) is 0 Å². The lowest BCUT2D eigenvalue weighted by Crippen LogP contribution is -2.51. The molecule has 1 aliphatic rings. The average molecular weight is 341 g/mol. The molecule has 1 aromatic carbocycles. The van der Waals surface area contributed by atoms with Gasteiger partial charge >= 0.3 is 5.97 Å². The Kier molecular flexibility index (Phi) is 5.14. The van der Waals surface area contributed by atoms with Crippen molar-refractivity contribution in [2.75, 3.05) is 20.2 Å². The van der Waals surface area contributed by atoms with E-state index in [2.05, 4.69) is 26.6 Å². The van der Waals surface area contributed by atoms with Gasteiger partial charge in [-0.2, -0.15) is 0 Å². The summed E-state index contributed by atoms with van der Waals surface area (Å²) in [6, 6.07) is 7.19. The van der Waals surface area contributed by atoms with Crippen LogP contribution >= 0.6 is 15.9 Å². The number of hydrogen-bond acceptors (Lipinski definition) is 4. The first kappa shape index (κ1) is 15.0. The molecule has 0 spiro atoms. The van der Waals surface area contributed by atoms with Gasteiger partial charge in [-0.3, -0.25) is 9.59 Å². The van der Waals surface area contributed by atoms with E-state index in [0.717, 1.165) is 10.0 Å². The van der Waals surface area contributed by atoms with Crippen molar-refractivity contribution in [3.05, 3.63) is 34.3 Å². The number of esters is 1. The zero-order chi connectivity index (χ0) is 14.5. The lowest BCUT2D eigenvalue weighted by molar-refractivity contribution is -0.141. The van der Waals surface area contributed by atoms with E-state index in [9.17, 15) is 9.59 Å². The monoisotopic (exact) mass is 340 g/mol. The molecule has 1 unspecified atom stereocenters. The Hall–Kier alpha value is -1.40. The Morgan fingerprint density at radius 3 is 2.80 bits per heavy atom. The summed E-state index contributed by atoms with van der Waals surface area (Å²) in [6.07, 6.45) is 0.124. The van der Waals surface area contributed by atoms with Crippen LogP contribution in [0.25, 0.3) is 0 Å². The number of methoxy groups -OCH3 is 1. The molecule has 1 atom stereocenters. The predicted octanol–water partition coefficient (Wildman–Crippen LogP) is 1.39. The van der Waals surface area contributed by atoms with E-state index in [1.165, 1.54) is 7.11 Å². The topological polar surface area (TPSA) is 67.4 Å². The van der Waals surface area contributed by atoms with Crippen LogP contribution in [-0.4, -0.2) is 32.1 Å². The number of rotatable bonds is 5. The average Bonchev–Trinajstić information content (AvgIpc) is 2.35.